The van der Waals surface area contributed by atoms with Gasteiger partial charge in [0.15, 0.2) is 0 Å². The minimum Gasteiger partial charge on any atom is -0.343 e. The zero-order valence-electron chi connectivity index (χ0n) is 6.09. The van der Waals surface area contributed by atoms with Crippen molar-refractivity contribution in [2.45, 2.75) is 31.3 Å². The summed E-state index contributed by atoms with van der Waals surface area (Å²) in [5, 5.41) is 5.35. The topological polar surface area (TPSA) is 58.2 Å². The fourth-order valence-electron chi connectivity index (χ4n) is 1.61. The highest BCUT2D eigenvalue weighted by atomic mass is 16.2. The van der Waals surface area contributed by atoms with E-state index in [0.717, 1.165) is 19.3 Å². The van der Waals surface area contributed by atoms with Gasteiger partial charge in [0, 0.05) is 0 Å². The molecule has 2 bridgehead atoms. The molecule has 4 nitrogen and oxygen atoms in total. The fourth-order valence-corrected chi connectivity index (χ4v) is 1.61. The first-order chi connectivity index (χ1) is 5.27. The Bertz CT molecular complexity index is 192. The molecule has 0 aromatic carbocycles. The molecule has 3 aliphatic rings. The van der Waals surface area contributed by atoms with Gasteiger partial charge < -0.3 is 10.6 Å². The lowest BCUT2D eigenvalue weighted by Crippen LogP contribution is -2.59. The molecule has 0 aromatic heterocycles. The Kier molecular flexibility index (Phi) is 1.34. The van der Waals surface area contributed by atoms with E-state index in [1.165, 1.54) is 0 Å². The third-order valence-electron chi connectivity index (χ3n) is 2.25. The van der Waals surface area contributed by atoms with E-state index in [-0.39, 0.29) is 23.9 Å². The molecule has 0 saturated carbocycles. The van der Waals surface area contributed by atoms with Crippen molar-refractivity contribution >= 4 is 11.8 Å². The first-order valence-electron chi connectivity index (χ1n) is 3.88. The zero-order chi connectivity index (χ0) is 7.84. The molecule has 3 saturated heterocycles. The molecule has 3 heterocycles. The van der Waals surface area contributed by atoms with Gasteiger partial charge in [-0.3, -0.25) is 9.59 Å². The molecular formula is C7H10N2O2. The van der Waals surface area contributed by atoms with E-state index in [1.54, 1.807) is 0 Å². The molecule has 3 fully saturated rings. The van der Waals surface area contributed by atoms with Gasteiger partial charge in [0.25, 0.3) is 0 Å². The summed E-state index contributed by atoms with van der Waals surface area (Å²) in [6, 6.07) is -0.525. The largest absolute Gasteiger partial charge is 0.343 e. The van der Waals surface area contributed by atoms with Crippen LogP contribution in [0.2, 0.25) is 0 Å². The number of hydrogen-bond donors (Lipinski definition) is 2. The van der Waals surface area contributed by atoms with Crippen molar-refractivity contribution in [3.05, 3.63) is 0 Å². The lowest BCUT2D eigenvalue weighted by molar-refractivity contribution is -0.135. The quantitative estimate of drug-likeness (QED) is 0.477. The number of hydrogen-bond acceptors (Lipinski definition) is 2. The Morgan fingerprint density at radius 3 is 1.91 bits per heavy atom. The van der Waals surface area contributed by atoms with Crippen molar-refractivity contribution in [3.63, 3.8) is 0 Å². The van der Waals surface area contributed by atoms with Gasteiger partial charge in [0.1, 0.15) is 12.1 Å². The van der Waals surface area contributed by atoms with E-state index >= 15 is 0 Å². The van der Waals surface area contributed by atoms with E-state index in [1.807, 2.05) is 0 Å². The van der Waals surface area contributed by atoms with Gasteiger partial charge in [0.2, 0.25) is 11.8 Å². The summed E-state index contributed by atoms with van der Waals surface area (Å²) in [6.45, 7) is 0. The summed E-state index contributed by atoms with van der Waals surface area (Å²) in [5.74, 6) is -0.0424. The molecule has 0 unspecified atom stereocenters. The zero-order valence-corrected chi connectivity index (χ0v) is 6.09. The second-order valence-electron chi connectivity index (χ2n) is 3.05. The molecule has 4 heteroatoms. The van der Waals surface area contributed by atoms with E-state index in [4.69, 9.17) is 0 Å². The number of piperazine rings is 1. The lowest BCUT2D eigenvalue weighted by atomic mass is 10.1. The Morgan fingerprint density at radius 2 is 1.45 bits per heavy atom. The van der Waals surface area contributed by atoms with Crippen molar-refractivity contribution in [2.75, 3.05) is 0 Å². The second-order valence-corrected chi connectivity index (χ2v) is 3.05. The predicted molar refractivity (Wildman–Crippen MR) is 37.7 cm³/mol. The van der Waals surface area contributed by atoms with Gasteiger partial charge >= 0.3 is 0 Å². The van der Waals surface area contributed by atoms with Gasteiger partial charge in [-0.2, -0.15) is 0 Å². The lowest BCUT2D eigenvalue weighted by Gasteiger charge is -2.24. The Labute approximate surface area is 64.3 Å². The molecule has 0 radical (unpaired) electrons. The number of amides is 2. The maximum absolute atomic E-state index is 11.1. The van der Waals surface area contributed by atoms with Crippen LogP contribution in [-0.4, -0.2) is 23.9 Å². The second kappa shape index (κ2) is 2.22. The van der Waals surface area contributed by atoms with Crippen LogP contribution in [0.1, 0.15) is 19.3 Å². The molecule has 60 valence electrons. The molecule has 3 aliphatic heterocycles. The molecule has 3 rings (SSSR count). The normalized spacial score (nSPS) is 36.0. The minimum absolute atomic E-state index is 0.0212. The molecule has 0 aliphatic carbocycles. The molecule has 2 N–H and O–H groups in total. The number of fused-ring (bicyclic) bond motifs is 4. The third-order valence-corrected chi connectivity index (χ3v) is 2.25. The third kappa shape index (κ3) is 0.982. The van der Waals surface area contributed by atoms with Crippen LogP contribution < -0.4 is 10.6 Å². The molecule has 0 spiro atoms. The van der Waals surface area contributed by atoms with Gasteiger partial charge in [-0.1, -0.05) is 0 Å². The number of rotatable bonds is 0. The van der Waals surface area contributed by atoms with Crippen LogP contribution >= 0.6 is 0 Å². The number of carbonyl (C=O) groups is 2. The molecule has 2 atom stereocenters. The molecule has 2 amide bonds. The summed E-state index contributed by atoms with van der Waals surface area (Å²) >= 11 is 0. The maximum atomic E-state index is 11.1. The van der Waals surface area contributed by atoms with Crippen molar-refractivity contribution in [2.24, 2.45) is 0 Å². The highest BCUT2D eigenvalue weighted by molar-refractivity contribution is 5.97. The molecular weight excluding hydrogens is 144 g/mol. The van der Waals surface area contributed by atoms with Crippen LogP contribution in [0.5, 0.6) is 0 Å². The van der Waals surface area contributed by atoms with Gasteiger partial charge in [0.05, 0.1) is 0 Å². The highest BCUT2D eigenvalue weighted by Crippen LogP contribution is 2.15. The van der Waals surface area contributed by atoms with E-state index in [9.17, 15) is 9.59 Å². The van der Waals surface area contributed by atoms with Crippen molar-refractivity contribution < 1.29 is 9.59 Å². The van der Waals surface area contributed by atoms with Crippen LogP contribution in [0.4, 0.5) is 0 Å². The maximum Gasteiger partial charge on any atom is 0.243 e. The molecule has 0 aromatic rings. The Hall–Kier alpha value is -1.06. The van der Waals surface area contributed by atoms with Crippen molar-refractivity contribution in [1.82, 2.24) is 10.6 Å². The van der Waals surface area contributed by atoms with Crippen LogP contribution in [0, 0.1) is 0 Å². The smallest absolute Gasteiger partial charge is 0.243 e. The minimum atomic E-state index is -0.263. The standard InChI is InChI=1S/C7H10N2O2/c10-6-4-2-1-3-5(9-6)7(11)8-4/h4-5H,1-3H2,(H,8,11)(H,9,10)/t4-,5+. The first kappa shape index (κ1) is 6.64. The summed E-state index contributed by atoms with van der Waals surface area (Å²) < 4.78 is 0. The van der Waals surface area contributed by atoms with Crippen LogP contribution in [0.3, 0.4) is 0 Å². The van der Waals surface area contributed by atoms with E-state index < -0.39 is 0 Å². The Balaban J connectivity index is 2.24. The van der Waals surface area contributed by atoms with Crippen LogP contribution in [0.25, 0.3) is 0 Å². The summed E-state index contributed by atoms with van der Waals surface area (Å²) in [7, 11) is 0. The monoisotopic (exact) mass is 154 g/mol. The van der Waals surface area contributed by atoms with Gasteiger partial charge in [-0.05, 0) is 19.3 Å². The van der Waals surface area contributed by atoms with Gasteiger partial charge in [-0.15, -0.1) is 0 Å². The fraction of sp³-hybridized carbons (Fsp3) is 0.714. The average molecular weight is 154 g/mol. The van der Waals surface area contributed by atoms with Crippen LogP contribution in [0.15, 0.2) is 0 Å². The Morgan fingerprint density at radius 1 is 1.00 bits per heavy atom. The molecule has 11 heavy (non-hydrogen) atoms. The number of carbonyl (C=O) groups excluding carboxylic acids is 2. The predicted octanol–water partition coefficient (Wildman–Crippen LogP) is -0.847. The number of nitrogens with one attached hydrogen (secondary N) is 2. The first-order valence-corrected chi connectivity index (χ1v) is 3.88. The van der Waals surface area contributed by atoms with Crippen molar-refractivity contribution in [3.8, 4) is 0 Å². The summed E-state index contributed by atoms with van der Waals surface area (Å²) in [5.41, 5.74) is 0. The summed E-state index contributed by atoms with van der Waals surface area (Å²) in [4.78, 5) is 22.2. The van der Waals surface area contributed by atoms with Crippen molar-refractivity contribution in [1.29, 1.82) is 0 Å². The van der Waals surface area contributed by atoms with E-state index in [2.05, 4.69) is 10.6 Å². The highest BCUT2D eigenvalue weighted by Gasteiger charge is 2.35. The SMILES string of the molecule is O=C1N[C@@H]2CCC[C@@H]1NC2=O. The summed E-state index contributed by atoms with van der Waals surface area (Å²) in [6.07, 6.45) is 2.52. The van der Waals surface area contributed by atoms with Crippen LogP contribution in [-0.2, 0) is 9.59 Å². The van der Waals surface area contributed by atoms with Gasteiger partial charge in [-0.25, -0.2) is 0 Å². The average Bonchev–Trinajstić information content (AvgIpc) is 2.21. The van der Waals surface area contributed by atoms with E-state index in [0.29, 0.717) is 0 Å².